The topological polar surface area (TPSA) is 85.3 Å². The van der Waals surface area contributed by atoms with E-state index >= 15 is 0 Å². The van der Waals surface area contributed by atoms with Crippen LogP contribution in [0.2, 0.25) is 0 Å². The summed E-state index contributed by atoms with van der Waals surface area (Å²) in [5.74, 6) is 0.731. The van der Waals surface area contributed by atoms with Crippen LogP contribution in [0.5, 0.6) is 17.2 Å². The minimum absolute atomic E-state index is 0.0703. The maximum absolute atomic E-state index is 13.0. The SMILES string of the molecule is CCCN1C(=O)C(=O)/C(=C(\O)c2ccc(OCC(C)C)cc2)C1c1ccc2c(c1)OCCO2. The molecular formula is C26H29NO6. The first kappa shape index (κ1) is 22.7. The number of amides is 1. The van der Waals surface area contributed by atoms with Crippen molar-refractivity contribution < 1.29 is 28.9 Å². The molecule has 7 nitrogen and oxygen atoms in total. The number of aliphatic hydroxyl groups is 1. The highest BCUT2D eigenvalue weighted by Gasteiger charge is 2.46. The van der Waals surface area contributed by atoms with Gasteiger partial charge in [-0.3, -0.25) is 9.59 Å². The number of hydrogen-bond acceptors (Lipinski definition) is 6. The van der Waals surface area contributed by atoms with Gasteiger partial charge in [0.1, 0.15) is 24.7 Å². The van der Waals surface area contributed by atoms with E-state index in [1.54, 1.807) is 36.4 Å². The molecule has 174 valence electrons. The van der Waals surface area contributed by atoms with Crippen LogP contribution in [-0.2, 0) is 9.59 Å². The predicted octanol–water partition coefficient (Wildman–Crippen LogP) is 4.32. The van der Waals surface area contributed by atoms with Crippen molar-refractivity contribution >= 4 is 17.4 Å². The van der Waals surface area contributed by atoms with Gasteiger partial charge in [-0.1, -0.05) is 26.8 Å². The normalized spacial score (nSPS) is 19.3. The summed E-state index contributed by atoms with van der Waals surface area (Å²) in [6, 6.07) is 11.5. The molecule has 0 saturated carbocycles. The molecule has 2 aliphatic heterocycles. The molecule has 2 aliphatic rings. The molecule has 2 heterocycles. The van der Waals surface area contributed by atoms with Crippen LogP contribution in [0.1, 0.15) is 44.4 Å². The molecule has 1 amide bonds. The Morgan fingerprint density at radius 3 is 2.45 bits per heavy atom. The van der Waals surface area contributed by atoms with Crippen LogP contribution in [-0.4, -0.2) is 48.1 Å². The lowest BCUT2D eigenvalue weighted by Gasteiger charge is -2.26. The highest BCUT2D eigenvalue weighted by Crippen LogP contribution is 2.42. The van der Waals surface area contributed by atoms with Crippen LogP contribution in [0.3, 0.4) is 0 Å². The summed E-state index contributed by atoms with van der Waals surface area (Å²) in [6.07, 6.45) is 0.677. The Hall–Kier alpha value is -3.48. The fourth-order valence-electron chi connectivity index (χ4n) is 4.06. The van der Waals surface area contributed by atoms with Gasteiger partial charge in [0.2, 0.25) is 0 Å². The second-order valence-corrected chi connectivity index (χ2v) is 8.62. The summed E-state index contributed by atoms with van der Waals surface area (Å²) in [7, 11) is 0. The Morgan fingerprint density at radius 2 is 1.79 bits per heavy atom. The Kier molecular flexibility index (Phi) is 6.58. The maximum atomic E-state index is 13.0. The van der Waals surface area contributed by atoms with Gasteiger partial charge in [-0.2, -0.15) is 0 Å². The molecule has 0 aromatic heterocycles. The highest BCUT2D eigenvalue weighted by molar-refractivity contribution is 6.46. The lowest BCUT2D eigenvalue weighted by molar-refractivity contribution is -0.139. The number of hydrogen-bond donors (Lipinski definition) is 1. The minimum atomic E-state index is -0.711. The number of ketones is 1. The molecule has 0 bridgehead atoms. The maximum Gasteiger partial charge on any atom is 0.295 e. The van der Waals surface area contributed by atoms with Crippen molar-refractivity contribution in [3.05, 3.63) is 59.2 Å². The number of likely N-dealkylation sites (tertiary alicyclic amines) is 1. The smallest absolute Gasteiger partial charge is 0.295 e. The summed E-state index contributed by atoms with van der Waals surface area (Å²) in [6.45, 7) is 7.94. The van der Waals surface area contributed by atoms with Crippen LogP contribution in [0, 0.1) is 5.92 Å². The molecule has 1 unspecified atom stereocenters. The van der Waals surface area contributed by atoms with E-state index in [4.69, 9.17) is 14.2 Å². The molecule has 1 fully saturated rings. The zero-order valence-corrected chi connectivity index (χ0v) is 19.2. The third kappa shape index (κ3) is 4.53. The standard InChI is InChI=1S/C26H29NO6/c1-4-11-27-23(18-7-10-20-21(14-18)32-13-12-31-20)22(25(29)26(27)30)24(28)17-5-8-19(9-6-17)33-15-16(2)3/h5-10,14,16,23,28H,4,11-13,15H2,1-3H3/b24-22-. The summed E-state index contributed by atoms with van der Waals surface area (Å²) >= 11 is 0. The molecule has 33 heavy (non-hydrogen) atoms. The Labute approximate surface area is 193 Å². The molecule has 1 saturated heterocycles. The summed E-state index contributed by atoms with van der Waals surface area (Å²) in [5.41, 5.74) is 1.20. The quantitative estimate of drug-likeness (QED) is 0.383. The lowest BCUT2D eigenvalue weighted by atomic mass is 9.95. The van der Waals surface area contributed by atoms with Gasteiger partial charge in [0.05, 0.1) is 18.2 Å². The lowest BCUT2D eigenvalue weighted by Crippen LogP contribution is -2.30. The van der Waals surface area contributed by atoms with E-state index in [0.29, 0.717) is 67.1 Å². The molecule has 7 heteroatoms. The fourth-order valence-corrected chi connectivity index (χ4v) is 4.06. The first-order valence-electron chi connectivity index (χ1n) is 11.3. The Balaban J connectivity index is 1.74. The van der Waals surface area contributed by atoms with E-state index in [1.165, 1.54) is 4.90 Å². The fraction of sp³-hybridized carbons (Fsp3) is 0.385. The van der Waals surface area contributed by atoms with E-state index in [0.717, 1.165) is 0 Å². The zero-order chi connectivity index (χ0) is 23.5. The second-order valence-electron chi connectivity index (χ2n) is 8.62. The number of aliphatic hydroxyl groups excluding tert-OH is 1. The first-order chi connectivity index (χ1) is 15.9. The third-order valence-corrected chi connectivity index (χ3v) is 5.60. The molecule has 2 aromatic rings. The van der Waals surface area contributed by atoms with Gasteiger partial charge >= 0.3 is 0 Å². The van der Waals surface area contributed by atoms with Crippen molar-refractivity contribution in [2.75, 3.05) is 26.4 Å². The van der Waals surface area contributed by atoms with E-state index in [1.807, 2.05) is 13.0 Å². The highest BCUT2D eigenvalue weighted by atomic mass is 16.6. The molecule has 0 aliphatic carbocycles. The number of ether oxygens (including phenoxy) is 3. The van der Waals surface area contributed by atoms with Crippen LogP contribution in [0.15, 0.2) is 48.0 Å². The van der Waals surface area contributed by atoms with Crippen molar-refractivity contribution in [1.82, 2.24) is 4.90 Å². The largest absolute Gasteiger partial charge is 0.507 e. The average molecular weight is 452 g/mol. The van der Waals surface area contributed by atoms with E-state index in [9.17, 15) is 14.7 Å². The molecule has 0 radical (unpaired) electrons. The van der Waals surface area contributed by atoms with Gasteiger partial charge in [0.25, 0.3) is 11.7 Å². The van der Waals surface area contributed by atoms with Crippen LogP contribution in [0.25, 0.3) is 5.76 Å². The van der Waals surface area contributed by atoms with Gasteiger partial charge in [0, 0.05) is 12.1 Å². The van der Waals surface area contributed by atoms with Crippen molar-refractivity contribution in [3.8, 4) is 17.2 Å². The number of benzene rings is 2. The number of Topliss-reactive ketones (excluding diaryl/α,β-unsaturated/α-hetero) is 1. The number of fused-ring (bicyclic) bond motifs is 1. The molecule has 4 rings (SSSR count). The number of nitrogens with zero attached hydrogens (tertiary/aromatic N) is 1. The van der Waals surface area contributed by atoms with Gasteiger partial charge in [-0.25, -0.2) is 0 Å². The molecule has 1 N–H and O–H groups in total. The third-order valence-electron chi connectivity index (χ3n) is 5.60. The van der Waals surface area contributed by atoms with Crippen LogP contribution in [0.4, 0.5) is 0 Å². The van der Waals surface area contributed by atoms with Gasteiger partial charge < -0.3 is 24.2 Å². The van der Waals surface area contributed by atoms with Gasteiger partial charge in [0.15, 0.2) is 11.5 Å². The van der Waals surface area contributed by atoms with Crippen molar-refractivity contribution in [1.29, 1.82) is 0 Å². The van der Waals surface area contributed by atoms with Crippen molar-refractivity contribution in [2.24, 2.45) is 5.92 Å². The van der Waals surface area contributed by atoms with Gasteiger partial charge in [-0.05, 0) is 54.3 Å². The van der Waals surface area contributed by atoms with Crippen LogP contribution < -0.4 is 14.2 Å². The second kappa shape index (κ2) is 9.57. The minimum Gasteiger partial charge on any atom is -0.507 e. The Bertz CT molecular complexity index is 1070. The summed E-state index contributed by atoms with van der Waals surface area (Å²) < 4.78 is 17.0. The summed E-state index contributed by atoms with van der Waals surface area (Å²) in [5, 5.41) is 11.2. The molecule has 1 atom stereocenters. The van der Waals surface area contributed by atoms with Gasteiger partial charge in [-0.15, -0.1) is 0 Å². The van der Waals surface area contributed by atoms with E-state index in [-0.39, 0.29) is 11.3 Å². The average Bonchev–Trinajstić information content (AvgIpc) is 3.07. The zero-order valence-electron chi connectivity index (χ0n) is 19.2. The molecule has 0 spiro atoms. The molecule has 2 aromatic carbocycles. The first-order valence-corrected chi connectivity index (χ1v) is 11.3. The number of carbonyl (C=O) groups is 2. The Morgan fingerprint density at radius 1 is 1.09 bits per heavy atom. The number of carbonyl (C=O) groups excluding carboxylic acids is 2. The molecular weight excluding hydrogens is 422 g/mol. The van der Waals surface area contributed by atoms with Crippen LogP contribution >= 0.6 is 0 Å². The van der Waals surface area contributed by atoms with Crippen molar-refractivity contribution in [2.45, 2.75) is 33.2 Å². The summed E-state index contributed by atoms with van der Waals surface area (Å²) in [4.78, 5) is 27.4. The predicted molar refractivity (Wildman–Crippen MR) is 124 cm³/mol. The van der Waals surface area contributed by atoms with E-state index in [2.05, 4.69) is 13.8 Å². The monoisotopic (exact) mass is 451 g/mol. The number of rotatable bonds is 7. The van der Waals surface area contributed by atoms with Crippen molar-refractivity contribution in [3.63, 3.8) is 0 Å². The van der Waals surface area contributed by atoms with E-state index < -0.39 is 17.7 Å².